The highest BCUT2D eigenvalue weighted by Crippen LogP contribution is 2.20. The number of ether oxygens (including phenoxy) is 1. The Bertz CT molecular complexity index is 1090. The van der Waals surface area contributed by atoms with Crippen LogP contribution in [0.2, 0.25) is 0 Å². The highest BCUT2D eigenvalue weighted by Gasteiger charge is 2.28. The number of aromatic amines is 1. The summed E-state index contributed by atoms with van der Waals surface area (Å²) < 4.78 is 10.9. The summed E-state index contributed by atoms with van der Waals surface area (Å²) in [6.45, 7) is 2.92. The molecule has 8 heteroatoms. The minimum absolute atomic E-state index is 0.0173. The molecule has 2 aromatic carbocycles. The van der Waals surface area contributed by atoms with Crippen LogP contribution in [0.15, 0.2) is 51.7 Å². The molecule has 1 fully saturated rings. The van der Waals surface area contributed by atoms with Crippen LogP contribution in [0.4, 0.5) is 5.69 Å². The number of H-pyrrole nitrogens is 1. The van der Waals surface area contributed by atoms with Gasteiger partial charge in [0.25, 0.3) is 0 Å². The number of hydrogen-bond donors (Lipinski definition) is 2. The minimum atomic E-state index is -0.722. The van der Waals surface area contributed by atoms with Crippen LogP contribution in [0, 0.1) is 6.92 Å². The van der Waals surface area contributed by atoms with E-state index < -0.39 is 17.6 Å². The normalized spacial score (nSPS) is 14.7. The number of hydrogen-bond acceptors (Lipinski definition) is 5. The van der Waals surface area contributed by atoms with Crippen molar-refractivity contribution in [1.82, 2.24) is 9.88 Å². The fourth-order valence-electron chi connectivity index (χ4n) is 3.34. The van der Waals surface area contributed by atoms with Crippen LogP contribution in [0.3, 0.4) is 0 Å². The van der Waals surface area contributed by atoms with Crippen molar-refractivity contribution >= 4 is 28.6 Å². The van der Waals surface area contributed by atoms with E-state index >= 15 is 0 Å². The van der Waals surface area contributed by atoms with Crippen LogP contribution < -0.4 is 15.8 Å². The van der Waals surface area contributed by atoms with Gasteiger partial charge in [-0.3, -0.25) is 14.6 Å². The molecule has 0 atom stereocenters. The number of carbonyl (C=O) groups excluding carboxylic acids is 2. The maximum Gasteiger partial charge on any atom is 0.417 e. The number of nitrogens with zero attached hydrogens (tertiary/aromatic N) is 1. The molecule has 8 nitrogen and oxygen atoms in total. The van der Waals surface area contributed by atoms with Gasteiger partial charge in [-0.25, -0.2) is 4.79 Å². The van der Waals surface area contributed by atoms with Crippen LogP contribution in [0.25, 0.3) is 11.1 Å². The number of benzene rings is 2. The van der Waals surface area contributed by atoms with Gasteiger partial charge in [-0.1, -0.05) is 17.7 Å². The number of piperidine rings is 1. The molecule has 2 N–H and O–H groups in total. The standard InChI is InChI=1S/C21H21N3O5/c1-13-2-5-15(6-3-13)28-16-8-10-24(11-9-16)20(26)19(25)22-14-4-7-17-18(12-14)29-21(27)23-17/h2-7,12,16H,8-11H2,1H3,(H,22,25)(H,23,27). The topological polar surface area (TPSA) is 105 Å². The summed E-state index contributed by atoms with van der Waals surface area (Å²) in [6.07, 6.45) is 1.34. The number of oxazole rings is 1. The number of carbonyl (C=O) groups is 2. The van der Waals surface area contributed by atoms with Crippen LogP contribution >= 0.6 is 0 Å². The molecule has 0 spiro atoms. The molecule has 0 bridgehead atoms. The number of amides is 2. The second kappa shape index (κ2) is 7.83. The molecule has 0 radical (unpaired) electrons. The zero-order valence-corrected chi connectivity index (χ0v) is 15.9. The van der Waals surface area contributed by atoms with Crippen LogP contribution in [-0.4, -0.2) is 40.9 Å². The van der Waals surface area contributed by atoms with Crippen LogP contribution in [0.5, 0.6) is 5.75 Å². The lowest BCUT2D eigenvalue weighted by atomic mass is 10.1. The van der Waals surface area contributed by atoms with E-state index in [1.54, 1.807) is 12.1 Å². The first-order chi connectivity index (χ1) is 14.0. The summed E-state index contributed by atoms with van der Waals surface area (Å²) in [7, 11) is 0. The largest absolute Gasteiger partial charge is 0.490 e. The average molecular weight is 395 g/mol. The molecular weight excluding hydrogens is 374 g/mol. The third kappa shape index (κ3) is 4.31. The molecule has 0 saturated carbocycles. The molecule has 1 aromatic heterocycles. The van der Waals surface area contributed by atoms with Gasteiger partial charge < -0.3 is 19.4 Å². The number of aromatic nitrogens is 1. The van der Waals surface area contributed by atoms with E-state index in [0.717, 1.165) is 5.75 Å². The van der Waals surface area contributed by atoms with Crippen molar-refractivity contribution < 1.29 is 18.7 Å². The van der Waals surface area contributed by atoms with Crippen molar-refractivity contribution in [2.75, 3.05) is 18.4 Å². The molecule has 1 saturated heterocycles. The molecule has 2 amide bonds. The maximum absolute atomic E-state index is 12.5. The Balaban J connectivity index is 1.31. The van der Waals surface area contributed by atoms with Crippen molar-refractivity contribution in [3.63, 3.8) is 0 Å². The van der Waals surface area contributed by atoms with E-state index in [9.17, 15) is 14.4 Å². The molecule has 2 heterocycles. The quantitative estimate of drug-likeness (QED) is 0.663. The molecule has 4 rings (SSSR count). The van der Waals surface area contributed by atoms with Crippen LogP contribution in [-0.2, 0) is 9.59 Å². The summed E-state index contributed by atoms with van der Waals surface area (Å²) in [5, 5.41) is 2.56. The maximum atomic E-state index is 12.5. The summed E-state index contributed by atoms with van der Waals surface area (Å²) in [4.78, 5) is 40.0. The fourth-order valence-corrected chi connectivity index (χ4v) is 3.34. The predicted molar refractivity (Wildman–Crippen MR) is 107 cm³/mol. The smallest absolute Gasteiger partial charge is 0.417 e. The highest BCUT2D eigenvalue weighted by molar-refractivity contribution is 6.39. The number of likely N-dealkylation sites (tertiary alicyclic amines) is 1. The average Bonchev–Trinajstić information content (AvgIpc) is 3.09. The second-order valence-corrected chi connectivity index (χ2v) is 7.10. The number of fused-ring (bicyclic) bond motifs is 1. The summed E-state index contributed by atoms with van der Waals surface area (Å²) in [5.74, 6) is -1.07. The van der Waals surface area contributed by atoms with Crippen molar-refractivity contribution in [1.29, 1.82) is 0 Å². The Labute approximate surface area is 166 Å². The lowest BCUT2D eigenvalue weighted by Crippen LogP contribution is -2.46. The number of nitrogens with one attached hydrogen (secondary N) is 2. The van der Waals surface area contributed by atoms with E-state index in [2.05, 4.69) is 10.3 Å². The Morgan fingerprint density at radius 1 is 1.14 bits per heavy atom. The van der Waals surface area contributed by atoms with Gasteiger partial charge in [0.1, 0.15) is 11.9 Å². The molecule has 3 aromatic rings. The summed E-state index contributed by atoms with van der Waals surface area (Å²) in [6, 6.07) is 12.6. The number of aryl methyl sites for hydroxylation is 1. The first-order valence-electron chi connectivity index (χ1n) is 9.44. The molecule has 0 aliphatic carbocycles. The fraction of sp³-hybridized carbons (Fsp3) is 0.286. The first-order valence-corrected chi connectivity index (χ1v) is 9.44. The zero-order valence-electron chi connectivity index (χ0n) is 15.9. The SMILES string of the molecule is Cc1ccc(OC2CCN(C(=O)C(=O)Nc3ccc4[nH]c(=O)oc4c3)CC2)cc1. The van der Waals surface area contributed by atoms with Gasteiger partial charge in [-0.2, -0.15) is 0 Å². The number of rotatable bonds is 3. The zero-order chi connectivity index (χ0) is 20.4. The van der Waals surface area contributed by atoms with Crippen molar-refractivity contribution in [2.45, 2.75) is 25.9 Å². The molecule has 150 valence electrons. The van der Waals surface area contributed by atoms with E-state index in [1.807, 2.05) is 31.2 Å². The Hall–Kier alpha value is -3.55. The Morgan fingerprint density at radius 2 is 1.86 bits per heavy atom. The second-order valence-electron chi connectivity index (χ2n) is 7.10. The summed E-state index contributed by atoms with van der Waals surface area (Å²) >= 11 is 0. The molecule has 29 heavy (non-hydrogen) atoms. The van der Waals surface area contributed by atoms with Gasteiger partial charge in [0.15, 0.2) is 5.58 Å². The van der Waals surface area contributed by atoms with E-state index in [4.69, 9.17) is 9.15 Å². The molecule has 1 aliphatic rings. The minimum Gasteiger partial charge on any atom is -0.490 e. The van der Waals surface area contributed by atoms with Gasteiger partial charge >= 0.3 is 17.6 Å². The molecule has 0 unspecified atom stereocenters. The Morgan fingerprint density at radius 3 is 2.59 bits per heavy atom. The molecule has 1 aliphatic heterocycles. The summed E-state index contributed by atoms with van der Waals surface area (Å²) in [5.41, 5.74) is 2.39. The van der Waals surface area contributed by atoms with Crippen LogP contribution in [0.1, 0.15) is 18.4 Å². The van der Waals surface area contributed by atoms with E-state index in [0.29, 0.717) is 42.7 Å². The van der Waals surface area contributed by atoms with Gasteiger partial charge in [-0.15, -0.1) is 0 Å². The van der Waals surface area contributed by atoms with Gasteiger partial charge in [0.2, 0.25) is 0 Å². The Kier molecular flexibility index (Phi) is 5.07. The lowest BCUT2D eigenvalue weighted by molar-refractivity contribution is -0.144. The number of anilines is 1. The van der Waals surface area contributed by atoms with Crippen molar-refractivity contribution in [3.05, 3.63) is 58.6 Å². The van der Waals surface area contributed by atoms with Gasteiger partial charge in [0.05, 0.1) is 5.52 Å². The third-order valence-corrected chi connectivity index (χ3v) is 4.93. The van der Waals surface area contributed by atoms with Gasteiger partial charge in [-0.05, 0) is 31.2 Å². The first kappa shape index (κ1) is 18.8. The monoisotopic (exact) mass is 395 g/mol. The highest BCUT2D eigenvalue weighted by atomic mass is 16.5. The van der Waals surface area contributed by atoms with Crippen molar-refractivity contribution in [2.24, 2.45) is 0 Å². The predicted octanol–water partition coefficient (Wildman–Crippen LogP) is 2.44. The van der Waals surface area contributed by atoms with E-state index in [-0.39, 0.29) is 6.10 Å². The third-order valence-electron chi connectivity index (χ3n) is 4.93. The van der Waals surface area contributed by atoms with Gasteiger partial charge in [0, 0.05) is 37.7 Å². The van der Waals surface area contributed by atoms with Crippen molar-refractivity contribution in [3.8, 4) is 5.75 Å². The molecular formula is C21H21N3O5. The van der Waals surface area contributed by atoms with E-state index in [1.165, 1.54) is 16.5 Å². The lowest BCUT2D eigenvalue weighted by Gasteiger charge is -2.31.